The van der Waals surface area contributed by atoms with E-state index in [-0.39, 0.29) is 11.8 Å². The van der Waals surface area contributed by atoms with Gasteiger partial charge in [-0.2, -0.15) is 33.5 Å². The Labute approximate surface area is 166 Å². The number of nitrogens with zero attached hydrogens (tertiary/aromatic N) is 6. The average molecular weight is 408 g/mol. The molecular formula is C18H23F3N8. The lowest BCUT2D eigenvalue weighted by Crippen LogP contribution is -2.36. The minimum atomic E-state index is -4.54. The van der Waals surface area contributed by atoms with E-state index >= 15 is 0 Å². The topological polar surface area (TPSA) is 92.4 Å². The van der Waals surface area contributed by atoms with E-state index < -0.39 is 17.3 Å². The van der Waals surface area contributed by atoms with E-state index in [9.17, 15) is 13.2 Å². The first-order valence-electron chi connectivity index (χ1n) is 9.14. The minimum absolute atomic E-state index is 0.0480. The maximum absolute atomic E-state index is 13.1. The Morgan fingerprint density at radius 3 is 2.48 bits per heavy atom. The van der Waals surface area contributed by atoms with Crippen molar-refractivity contribution in [2.45, 2.75) is 52.8 Å². The number of hydrogen-bond donors (Lipinski definition) is 2. The average Bonchev–Trinajstić information content (AvgIpc) is 3.21. The van der Waals surface area contributed by atoms with Crippen molar-refractivity contribution in [1.82, 2.24) is 19.7 Å². The Hall–Kier alpha value is -2.98. The number of rotatable bonds is 6. The van der Waals surface area contributed by atoms with E-state index in [0.29, 0.717) is 24.3 Å². The third-order valence-electron chi connectivity index (χ3n) is 4.63. The van der Waals surface area contributed by atoms with Crippen LogP contribution in [0.3, 0.4) is 0 Å². The lowest BCUT2D eigenvalue weighted by atomic mass is 9.95. The molecule has 0 amide bonds. The summed E-state index contributed by atoms with van der Waals surface area (Å²) < 4.78 is 41.1. The van der Waals surface area contributed by atoms with E-state index in [1.54, 1.807) is 24.7 Å². The van der Waals surface area contributed by atoms with E-state index in [0.717, 1.165) is 17.6 Å². The third-order valence-corrected chi connectivity index (χ3v) is 4.63. The smallest absolute Gasteiger partial charge is 0.370 e. The summed E-state index contributed by atoms with van der Waals surface area (Å²) in [5, 5.41) is 18.5. The lowest BCUT2D eigenvalue weighted by molar-refractivity contribution is -0.137. The monoisotopic (exact) mass is 408 g/mol. The largest absolute Gasteiger partial charge is 0.421 e. The van der Waals surface area contributed by atoms with Gasteiger partial charge in [-0.25, -0.2) is 4.98 Å². The number of anilines is 3. The molecule has 0 atom stereocenters. The summed E-state index contributed by atoms with van der Waals surface area (Å²) in [6, 6.07) is 0. The van der Waals surface area contributed by atoms with E-state index in [1.807, 2.05) is 20.8 Å². The molecule has 0 spiro atoms. The summed E-state index contributed by atoms with van der Waals surface area (Å²) in [5.74, 6) is -0.220. The van der Waals surface area contributed by atoms with Crippen molar-refractivity contribution in [2.75, 3.05) is 17.2 Å². The van der Waals surface area contributed by atoms with Crippen molar-refractivity contribution >= 4 is 28.9 Å². The van der Waals surface area contributed by atoms with Gasteiger partial charge in [0.1, 0.15) is 11.4 Å². The second kappa shape index (κ2) is 7.45. The van der Waals surface area contributed by atoms with Crippen molar-refractivity contribution in [3.8, 4) is 0 Å². The van der Waals surface area contributed by atoms with Crippen LogP contribution in [0.5, 0.6) is 0 Å². The Kier molecular flexibility index (Phi) is 5.33. The maximum Gasteiger partial charge on any atom is 0.421 e. The van der Waals surface area contributed by atoms with Crippen LogP contribution in [0.25, 0.3) is 0 Å². The van der Waals surface area contributed by atoms with Gasteiger partial charge in [0, 0.05) is 31.1 Å². The molecule has 11 heteroatoms. The van der Waals surface area contributed by atoms with Crippen LogP contribution in [0.15, 0.2) is 22.6 Å². The van der Waals surface area contributed by atoms with Crippen molar-refractivity contribution < 1.29 is 13.2 Å². The first-order valence-corrected chi connectivity index (χ1v) is 9.14. The zero-order chi connectivity index (χ0) is 21.4. The van der Waals surface area contributed by atoms with Crippen LogP contribution in [0.4, 0.5) is 30.6 Å². The van der Waals surface area contributed by atoms with Crippen LogP contribution >= 0.6 is 0 Å². The Bertz CT molecular complexity index is 972. The summed E-state index contributed by atoms with van der Waals surface area (Å²) in [7, 11) is 0. The number of halogens is 3. The molecule has 0 saturated heterocycles. The fraction of sp³-hybridized carbons (Fsp3) is 0.500. The number of nitrogens with one attached hydrogen (secondary N) is 2. The fourth-order valence-corrected chi connectivity index (χ4v) is 2.87. The SMILES string of the molecule is CCNc1nc(Nc2cn(C(C)(C)C3=NN=C(C)C3)nc2C)ncc1C(F)(F)F. The quantitative estimate of drug-likeness (QED) is 0.750. The minimum Gasteiger partial charge on any atom is -0.370 e. The second-order valence-corrected chi connectivity index (χ2v) is 7.30. The van der Waals surface area contributed by atoms with Crippen LogP contribution in [0.1, 0.15) is 45.4 Å². The Balaban J connectivity index is 1.87. The molecule has 29 heavy (non-hydrogen) atoms. The van der Waals surface area contributed by atoms with Gasteiger partial charge in [0.25, 0.3) is 0 Å². The van der Waals surface area contributed by atoms with Crippen molar-refractivity contribution in [2.24, 2.45) is 10.2 Å². The van der Waals surface area contributed by atoms with Gasteiger partial charge in [0.2, 0.25) is 5.95 Å². The molecule has 0 bridgehead atoms. The molecule has 0 aromatic carbocycles. The van der Waals surface area contributed by atoms with Crippen LogP contribution in [-0.4, -0.2) is 37.7 Å². The second-order valence-electron chi connectivity index (χ2n) is 7.30. The summed E-state index contributed by atoms with van der Waals surface area (Å²) >= 11 is 0. The van der Waals surface area contributed by atoms with Gasteiger partial charge < -0.3 is 10.6 Å². The van der Waals surface area contributed by atoms with Gasteiger partial charge in [-0.1, -0.05) is 0 Å². The lowest BCUT2D eigenvalue weighted by Gasteiger charge is -2.25. The number of aromatic nitrogens is 4. The number of hydrogen-bond acceptors (Lipinski definition) is 7. The van der Waals surface area contributed by atoms with Crippen LogP contribution in [-0.2, 0) is 11.7 Å². The molecule has 1 aliphatic rings. The highest BCUT2D eigenvalue weighted by molar-refractivity contribution is 6.09. The molecule has 2 aromatic rings. The van der Waals surface area contributed by atoms with Crippen molar-refractivity contribution in [3.05, 3.63) is 23.7 Å². The molecule has 0 aliphatic carbocycles. The predicted molar refractivity (Wildman–Crippen MR) is 106 cm³/mol. The molecule has 0 saturated carbocycles. The first kappa shape index (κ1) is 20.7. The zero-order valence-electron chi connectivity index (χ0n) is 16.9. The maximum atomic E-state index is 13.1. The standard InChI is InChI=1S/C18H23F3N8/c1-6-22-15-12(18(19,20)21)8-23-16(25-15)24-13-9-29(28-11(13)3)17(4,5)14-7-10(2)26-27-14/h8-9H,6-7H2,1-5H3,(H2,22,23,24,25). The summed E-state index contributed by atoms with van der Waals surface area (Å²) in [4.78, 5) is 7.81. The highest BCUT2D eigenvalue weighted by atomic mass is 19.4. The van der Waals surface area contributed by atoms with E-state index in [4.69, 9.17) is 0 Å². The summed E-state index contributed by atoms with van der Waals surface area (Å²) in [6.07, 6.45) is -1.34. The van der Waals surface area contributed by atoms with E-state index in [2.05, 4.69) is 35.9 Å². The molecular weight excluding hydrogens is 385 g/mol. The van der Waals surface area contributed by atoms with Crippen LogP contribution < -0.4 is 10.6 Å². The highest BCUT2D eigenvalue weighted by Gasteiger charge is 2.35. The molecule has 8 nitrogen and oxygen atoms in total. The number of alkyl halides is 3. The summed E-state index contributed by atoms with van der Waals surface area (Å²) in [5.41, 5.74) is 1.64. The predicted octanol–water partition coefficient (Wildman–Crippen LogP) is 4.13. The molecule has 3 heterocycles. The van der Waals surface area contributed by atoms with Gasteiger partial charge in [0.05, 0.1) is 22.6 Å². The molecule has 3 rings (SSSR count). The molecule has 0 fully saturated rings. The molecule has 1 aliphatic heterocycles. The fourth-order valence-electron chi connectivity index (χ4n) is 2.87. The molecule has 156 valence electrons. The van der Waals surface area contributed by atoms with E-state index in [1.165, 1.54) is 0 Å². The van der Waals surface area contributed by atoms with Gasteiger partial charge in [-0.15, -0.1) is 0 Å². The van der Waals surface area contributed by atoms with Gasteiger partial charge in [-0.3, -0.25) is 4.68 Å². The normalized spacial score (nSPS) is 14.6. The van der Waals surface area contributed by atoms with Gasteiger partial charge in [-0.05, 0) is 34.6 Å². The Morgan fingerprint density at radius 2 is 1.90 bits per heavy atom. The van der Waals surface area contributed by atoms with Crippen molar-refractivity contribution in [3.63, 3.8) is 0 Å². The zero-order valence-corrected chi connectivity index (χ0v) is 16.9. The number of aryl methyl sites for hydroxylation is 1. The molecule has 0 unspecified atom stereocenters. The molecule has 2 N–H and O–H groups in total. The molecule has 2 aromatic heterocycles. The Morgan fingerprint density at radius 1 is 1.17 bits per heavy atom. The molecule has 0 radical (unpaired) electrons. The van der Waals surface area contributed by atoms with Gasteiger partial charge >= 0.3 is 6.18 Å². The summed E-state index contributed by atoms with van der Waals surface area (Å²) in [6.45, 7) is 9.67. The van der Waals surface area contributed by atoms with Crippen molar-refractivity contribution in [1.29, 1.82) is 0 Å². The first-order chi connectivity index (χ1) is 13.5. The van der Waals surface area contributed by atoms with Crippen LogP contribution in [0.2, 0.25) is 0 Å². The highest BCUT2D eigenvalue weighted by Crippen LogP contribution is 2.34. The third kappa shape index (κ3) is 4.22. The van der Waals surface area contributed by atoms with Gasteiger partial charge in [0.15, 0.2) is 0 Å². The van der Waals surface area contributed by atoms with Crippen LogP contribution in [0, 0.1) is 6.92 Å².